The van der Waals surface area contributed by atoms with E-state index in [0.29, 0.717) is 24.4 Å². The third-order valence-electron chi connectivity index (χ3n) is 4.68. The van der Waals surface area contributed by atoms with Gasteiger partial charge in [0.25, 0.3) is 0 Å². The molecule has 1 aliphatic carbocycles. The Morgan fingerprint density at radius 3 is 2.47 bits per heavy atom. The fourth-order valence-electron chi connectivity index (χ4n) is 3.59. The molecule has 3 nitrogen and oxygen atoms in total. The zero-order valence-corrected chi connectivity index (χ0v) is 11.5. The first kappa shape index (κ1) is 12.7. The van der Waals surface area contributed by atoms with Crippen LogP contribution in [-0.2, 0) is 17.6 Å². The van der Waals surface area contributed by atoms with Gasteiger partial charge in [0.15, 0.2) is 0 Å². The minimum Gasteiger partial charge on any atom is -0.339 e. The van der Waals surface area contributed by atoms with Crippen LogP contribution >= 0.6 is 0 Å². The van der Waals surface area contributed by atoms with Crippen molar-refractivity contribution in [3.8, 4) is 0 Å². The van der Waals surface area contributed by atoms with Crippen molar-refractivity contribution in [1.29, 1.82) is 0 Å². The molecule has 3 rings (SSSR count). The molecule has 3 heteroatoms. The first-order valence-electron chi connectivity index (χ1n) is 7.26. The molecular formula is C16H22N2O. The summed E-state index contributed by atoms with van der Waals surface area (Å²) in [4.78, 5) is 14.7. The van der Waals surface area contributed by atoms with Crippen LogP contribution in [0.25, 0.3) is 0 Å². The van der Waals surface area contributed by atoms with Gasteiger partial charge in [0, 0.05) is 18.5 Å². The topological polar surface area (TPSA) is 46.3 Å². The average Bonchev–Trinajstić information content (AvgIpc) is 3.01. The molecule has 1 aromatic carbocycles. The molecular weight excluding hydrogens is 236 g/mol. The van der Waals surface area contributed by atoms with E-state index in [9.17, 15) is 4.79 Å². The largest absolute Gasteiger partial charge is 0.339 e. The van der Waals surface area contributed by atoms with Crippen molar-refractivity contribution in [2.75, 3.05) is 13.1 Å². The Morgan fingerprint density at radius 2 is 1.95 bits per heavy atom. The van der Waals surface area contributed by atoms with Crippen molar-refractivity contribution >= 4 is 5.91 Å². The molecule has 2 aliphatic rings. The minimum absolute atomic E-state index is 0.149. The van der Waals surface area contributed by atoms with Crippen LogP contribution in [0, 0.1) is 11.8 Å². The van der Waals surface area contributed by atoms with E-state index in [1.165, 1.54) is 11.1 Å². The molecule has 1 saturated heterocycles. The molecule has 2 atom stereocenters. The Labute approximate surface area is 114 Å². The van der Waals surface area contributed by atoms with E-state index < -0.39 is 0 Å². The normalized spacial score (nSPS) is 26.7. The molecule has 1 fully saturated rings. The summed E-state index contributed by atoms with van der Waals surface area (Å²) in [7, 11) is 0. The summed E-state index contributed by atoms with van der Waals surface area (Å²) in [6.45, 7) is 3.69. The summed E-state index contributed by atoms with van der Waals surface area (Å²) in [6, 6.07) is 8.78. The zero-order chi connectivity index (χ0) is 13.4. The van der Waals surface area contributed by atoms with Gasteiger partial charge in [-0.3, -0.25) is 4.79 Å². The molecule has 1 amide bonds. The van der Waals surface area contributed by atoms with Gasteiger partial charge in [-0.25, -0.2) is 0 Å². The highest BCUT2D eigenvalue weighted by Crippen LogP contribution is 2.31. The van der Waals surface area contributed by atoms with E-state index in [0.717, 1.165) is 25.8 Å². The van der Waals surface area contributed by atoms with E-state index in [4.69, 9.17) is 5.73 Å². The average molecular weight is 258 g/mol. The molecule has 19 heavy (non-hydrogen) atoms. The summed E-state index contributed by atoms with van der Waals surface area (Å²) >= 11 is 0. The quantitative estimate of drug-likeness (QED) is 0.876. The summed E-state index contributed by atoms with van der Waals surface area (Å²) in [6.07, 6.45) is 2.87. The highest BCUT2D eigenvalue weighted by atomic mass is 16.2. The highest BCUT2D eigenvalue weighted by molar-refractivity contribution is 5.81. The summed E-state index contributed by atoms with van der Waals surface area (Å²) < 4.78 is 0. The molecule has 1 aromatic rings. The highest BCUT2D eigenvalue weighted by Gasteiger charge is 2.37. The number of amides is 1. The number of likely N-dealkylation sites (tertiary alicyclic amines) is 1. The number of hydrogen-bond acceptors (Lipinski definition) is 2. The van der Waals surface area contributed by atoms with Crippen LogP contribution in [0.5, 0.6) is 0 Å². The molecule has 0 spiro atoms. The lowest BCUT2D eigenvalue weighted by Gasteiger charge is -2.24. The number of benzene rings is 1. The van der Waals surface area contributed by atoms with Gasteiger partial charge in [-0.05, 0) is 49.8 Å². The summed E-state index contributed by atoms with van der Waals surface area (Å²) in [5.74, 6) is 0.971. The van der Waals surface area contributed by atoms with Gasteiger partial charge in [0.05, 0.1) is 0 Å². The standard InChI is InChI=1S/C16H22N2O/c1-11-6-12(9-17)10-18(11)16(19)15-7-13-4-2-3-5-14(13)8-15/h2-5,11-12,15H,6-10,17H2,1H3. The van der Waals surface area contributed by atoms with E-state index in [2.05, 4.69) is 36.1 Å². The maximum absolute atomic E-state index is 12.7. The van der Waals surface area contributed by atoms with Crippen molar-refractivity contribution < 1.29 is 4.79 Å². The van der Waals surface area contributed by atoms with Crippen molar-refractivity contribution in [3.63, 3.8) is 0 Å². The number of fused-ring (bicyclic) bond motifs is 1. The lowest BCUT2D eigenvalue weighted by molar-refractivity contribution is -0.135. The number of carbonyl (C=O) groups excluding carboxylic acids is 1. The van der Waals surface area contributed by atoms with Crippen molar-refractivity contribution in [1.82, 2.24) is 4.90 Å². The smallest absolute Gasteiger partial charge is 0.226 e. The fourth-order valence-corrected chi connectivity index (χ4v) is 3.59. The molecule has 1 aliphatic heterocycles. The van der Waals surface area contributed by atoms with Gasteiger partial charge >= 0.3 is 0 Å². The Bertz CT molecular complexity index is 460. The van der Waals surface area contributed by atoms with Crippen LogP contribution in [0.3, 0.4) is 0 Å². The van der Waals surface area contributed by atoms with Crippen LogP contribution in [0.2, 0.25) is 0 Å². The monoisotopic (exact) mass is 258 g/mol. The summed E-state index contributed by atoms with van der Waals surface area (Å²) in [5, 5.41) is 0. The second kappa shape index (κ2) is 4.97. The lowest BCUT2D eigenvalue weighted by Crippen LogP contribution is -2.39. The van der Waals surface area contributed by atoms with Gasteiger partial charge < -0.3 is 10.6 Å². The predicted molar refractivity (Wildman–Crippen MR) is 75.7 cm³/mol. The maximum Gasteiger partial charge on any atom is 0.226 e. The molecule has 0 radical (unpaired) electrons. The molecule has 0 bridgehead atoms. The zero-order valence-electron chi connectivity index (χ0n) is 11.5. The van der Waals surface area contributed by atoms with E-state index in [1.807, 2.05) is 0 Å². The van der Waals surface area contributed by atoms with E-state index in [-0.39, 0.29) is 5.92 Å². The van der Waals surface area contributed by atoms with Crippen molar-refractivity contribution in [3.05, 3.63) is 35.4 Å². The molecule has 2 N–H and O–H groups in total. The first-order chi connectivity index (χ1) is 9.19. The third kappa shape index (κ3) is 2.27. The fraction of sp³-hybridized carbons (Fsp3) is 0.562. The lowest BCUT2D eigenvalue weighted by atomic mass is 10.0. The van der Waals surface area contributed by atoms with Gasteiger partial charge in [-0.1, -0.05) is 24.3 Å². The number of rotatable bonds is 2. The number of hydrogen-bond donors (Lipinski definition) is 1. The number of nitrogens with two attached hydrogens (primary N) is 1. The number of carbonyl (C=O) groups is 1. The van der Waals surface area contributed by atoms with Crippen LogP contribution < -0.4 is 5.73 Å². The van der Waals surface area contributed by atoms with Gasteiger partial charge in [0.1, 0.15) is 0 Å². The van der Waals surface area contributed by atoms with Gasteiger partial charge in [-0.2, -0.15) is 0 Å². The van der Waals surface area contributed by atoms with Crippen LogP contribution in [-0.4, -0.2) is 29.9 Å². The third-order valence-corrected chi connectivity index (χ3v) is 4.68. The van der Waals surface area contributed by atoms with Crippen LogP contribution in [0.1, 0.15) is 24.5 Å². The molecule has 2 unspecified atom stereocenters. The summed E-state index contributed by atoms with van der Waals surface area (Å²) in [5.41, 5.74) is 8.44. The Hall–Kier alpha value is -1.35. The molecule has 0 saturated carbocycles. The predicted octanol–water partition coefficient (Wildman–Crippen LogP) is 1.60. The Morgan fingerprint density at radius 1 is 1.32 bits per heavy atom. The van der Waals surface area contributed by atoms with Crippen molar-refractivity contribution in [2.45, 2.75) is 32.2 Å². The molecule has 0 aromatic heterocycles. The Kier molecular flexibility index (Phi) is 3.31. The number of nitrogens with zero attached hydrogens (tertiary/aromatic N) is 1. The van der Waals surface area contributed by atoms with Crippen molar-refractivity contribution in [2.24, 2.45) is 17.6 Å². The van der Waals surface area contributed by atoms with Gasteiger partial charge in [-0.15, -0.1) is 0 Å². The molecule has 1 heterocycles. The second-order valence-electron chi connectivity index (χ2n) is 6.05. The van der Waals surface area contributed by atoms with E-state index in [1.54, 1.807) is 0 Å². The molecule has 102 valence electrons. The maximum atomic E-state index is 12.7. The first-order valence-corrected chi connectivity index (χ1v) is 7.26. The second-order valence-corrected chi connectivity index (χ2v) is 6.05. The van der Waals surface area contributed by atoms with Crippen LogP contribution in [0.4, 0.5) is 0 Å². The Balaban J connectivity index is 1.70. The van der Waals surface area contributed by atoms with E-state index >= 15 is 0 Å². The van der Waals surface area contributed by atoms with Crippen LogP contribution in [0.15, 0.2) is 24.3 Å². The SMILES string of the molecule is CC1CC(CN)CN1C(=O)C1Cc2ccccc2C1. The minimum atomic E-state index is 0.149. The van der Waals surface area contributed by atoms with Gasteiger partial charge in [0.2, 0.25) is 5.91 Å².